The van der Waals surface area contributed by atoms with E-state index < -0.39 is 11.9 Å². The van der Waals surface area contributed by atoms with Crippen molar-refractivity contribution in [3.63, 3.8) is 0 Å². The van der Waals surface area contributed by atoms with Gasteiger partial charge < -0.3 is 15.3 Å². The minimum absolute atomic E-state index is 0.0671. The molecule has 0 heterocycles. The van der Waals surface area contributed by atoms with E-state index in [2.05, 4.69) is 0 Å². The summed E-state index contributed by atoms with van der Waals surface area (Å²) in [6.07, 6.45) is 0. The molecule has 5 nitrogen and oxygen atoms in total. The van der Waals surface area contributed by atoms with E-state index in [1.807, 2.05) is 30.3 Å². The maximum Gasteiger partial charge on any atom is 0.339 e. The lowest BCUT2D eigenvalue weighted by Crippen LogP contribution is -1.96. The van der Waals surface area contributed by atoms with Crippen LogP contribution in [0.3, 0.4) is 0 Å². The van der Waals surface area contributed by atoms with Gasteiger partial charge in [-0.3, -0.25) is 0 Å². The molecule has 0 aliphatic heterocycles. The van der Waals surface area contributed by atoms with Gasteiger partial charge in [0.25, 0.3) is 0 Å². The Bertz CT molecular complexity index is 849. The van der Waals surface area contributed by atoms with Gasteiger partial charge in [-0.1, -0.05) is 48.5 Å². The maximum absolute atomic E-state index is 10.8. The summed E-state index contributed by atoms with van der Waals surface area (Å²) in [7, 11) is 0. The van der Waals surface area contributed by atoms with Crippen LogP contribution in [0.25, 0.3) is 10.8 Å². The minimum atomic E-state index is -1.11. The van der Waals surface area contributed by atoms with Gasteiger partial charge >= 0.3 is 11.9 Å². The normalized spacial score (nSPS) is 9.74. The molecule has 0 radical (unpaired) electrons. The maximum atomic E-state index is 10.8. The SMILES string of the molecule is O=C(O)c1cccc2ccccc12.O=C(O)c1ccccc1O. The second-order valence-electron chi connectivity index (χ2n) is 4.65. The van der Waals surface area contributed by atoms with E-state index in [0.717, 1.165) is 10.8 Å². The number of aromatic carboxylic acids is 2. The molecule has 0 aliphatic rings. The van der Waals surface area contributed by atoms with E-state index in [9.17, 15) is 9.59 Å². The van der Waals surface area contributed by atoms with Crippen LogP contribution in [0.1, 0.15) is 20.7 Å². The van der Waals surface area contributed by atoms with Crippen molar-refractivity contribution in [3.05, 3.63) is 77.9 Å². The number of phenols is 1. The van der Waals surface area contributed by atoms with Crippen LogP contribution in [0.4, 0.5) is 0 Å². The summed E-state index contributed by atoms with van der Waals surface area (Å²) >= 11 is 0. The molecule has 0 bridgehead atoms. The fourth-order valence-electron chi connectivity index (χ4n) is 2.07. The predicted molar refractivity (Wildman–Crippen MR) is 86.0 cm³/mol. The number of fused-ring (bicyclic) bond motifs is 1. The highest BCUT2D eigenvalue weighted by Crippen LogP contribution is 2.18. The van der Waals surface area contributed by atoms with Crippen molar-refractivity contribution < 1.29 is 24.9 Å². The number of hydrogen-bond donors (Lipinski definition) is 3. The highest BCUT2D eigenvalue weighted by molar-refractivity contribution is 6.03. The molecule has 116 valence electrons. The van der Waals surface area contributed by atoms with Crippen LogP contribution in [-0.2, 0) is 0 Å². The molecule has 3 rings (SSSR count). The third kappa shape index (κ3) is 3.85. The van der Waals surface area contributed by atoms with Gasteiger partial charge in [0.05, 0.1) is 5.56 Å². The number of para-hydroxylation sites is 1. The number of carboxylic acids is 2. The zero-order chi connectivity index (χ0) is 16.8. The number of aromatic hydroxyl groups is 1. The van der Waals surface area contributed by atoms with Gasteiger partial charge in [-0.05, 0) is 29.0 Å². The van der Waals surface area contributed by atoms with Crippen molar-refractivity contribution in [1.29, 1.82) is 0 Å². The van der Waals surface area contributed by atoms with Gasteiger partial charge in [-0.15, -0.1) is 0 Å². The molecular formula is C18H14O5. The predicted octanol–water partition coefficient (Wildman–Crippen LogP) is 3.63. The van der Waals surface area contributed by atoms with Crippen molar-refractivity contribution in [2.45, 2.75) is 0 Å². The molecule has 0 unspecified atom stereocenters. The first kappa shape index (κ1) is 16.0. The summed E-state index contributed by atoms with van der Waals surface area (Å²) in [5.74, 6) is -2.19. The van der Waals surface area contributed by atoms with Crippen LogP contribution in [0.15, 0.2) is 66.7 Å². The van der Waals surface area contributed by atoms with Gasteiger partial charge in [0.1, 0.15) is 11.3 Å². The largest absolute Gasteiger partial charge is 0.507 e. The van der Waals surface area contributed by atoms with E-state index in [4.69, 9.17) is 15.3 Å². The molecule has 0 aromatic heterocycles. The van der Waals surface area contributed by atoms with Crippen molar-refractivity contribution in [1.82, 2.24) is 0 Å². The van der Waals surface area contributed by atoms with Gasteiger partial charge in [0.2, 0.25) is 0 Å². The summed E-state index contributed by atoms with van der Waals surface area (Å²) < 4.78 is 0. The Labute approximate surface area is 132 Å². The Morgan fingerprint density at radius 1 is 0.652 bits per heavy atom. The summed E-state index contributed by atoms with van der Waals surface area (Å²) in [4.78, 5) is 21.1. The van der Waals surface area contributed by atoms with Crippen LogP contribution in [-0.4, -0.2) is 27.3 Å². The molecule has 0 fully saturated rings. The van der Waals surface area contributed by atoms with Crippen LogP contribution >= 0.6 is 0 Å². The van der Waals surface area contributed by atoms with Crippen molar-refractivity contribution >= 4 is 22.7 Å². The molecule has 0 saturated carbocycles. The second kappa shape index (κ2) is 7.09. The fourth-order valence-corrected chi connectivity index (χ4v) is 2.07. The summed E-state index contributed by atoms with van der Waals surface area (Å²) in [5, 5.41) is 27.9. The molecule has 23 heavy (non-hydrogen) atoms. The molecule has 0 spiro atoms. The molecule has 0 atom stereocenters. The van der Waals surface area contributed by atoms with Gasteiger partial charge in [0.15, 0.2) is 0 Å². The van der Waals surface area contributed by atoms with E-state index in [-0.39, 0.29) is 11.3 Å². The number of benzene rings is 3. The topological polar surface area (TPSA) is 94.8 Å². The smallest absolute Gasteiger partial charge is 0.339 e. The minimum Gasteiger partial charge on any atom is -0.507 e. The zero-order valence-corrected chi connectivity index (χ0v) is 12.0. The van der Waals surface area contributed by atoms with Gasteiger partial charge in [0, 0.05) is 0 Å². The monoisotopic (exact) mass is 310 g/mol. The highest BCUT2D eigenvalue weighted by atomic mass is 16.4. The Morgan fingerprint density at radius 2 is 1.17 bits per heavy atom. The molecule has 0 amide bonds. The number of rotatable bonds is 2. The fraction of sp³-hybridized carbons (Fsp3) is 0. The Hall–Kier alpha value is -3.34. The highest BCUT2D eigenvalue weighted by Gasteiger charge is 2.06. The van der Waals surface area contributed by atoms with Crippen LogP contribution < -0.4 is 0 Å². The third-order valence-electron chi connectivity index (χ3n) is 3.15. The summed E-state index contributed by atoms with van der Waals surface area (Å²) in [6, 6.07) is 18.5. The van der Waals surface area contributed by atoms with Crippen molar-refractivity contribution in [3.8, 4) is 5.75 Å². The number of hydrogen-bond acceptors (Lipinski definition) is 3. The van der Waals surface area contributed by atoms with Crippen LogP contribution in [0.5, 0.6) is 5.75 Å². The zero-order valence-electron chi connectivity index (χ0n) is 12.0. The lowest BCUT2D eigenvalue weighted by molar-refractivity contribution is 0.0685. The van der Waals surface area contributed by atoms with Crippen molar-refractivity contribution in [2.24, 2.45) is 0 Å². The lowest BCUT2D eigenvalue weighted by Gasteiger charge is -2.00. The molecule has 0 aliphatic carbocycles. The second-order valence-corrected chi connectivity index (χ2v) is 4.65. The molecule has 3 aromatic rings. The third-order valence-corrected chi connectivity index (χ3v) is 3.15. The molecule has 5 heteroatoms. The Morgan fingerprint density at radius 3 is 1.78 bits per heavy atom. The Kier molecular flexibility index (Phi) is 4.94. The van der Waals surface area contributed by atoms with Gasteiger partial charge in [-0.2, -0.15) is 0 Å². The van der Waals surface area contributed by atoms with Crippen LogP contribution in [0, 0.1) is 0 Å². The summed E-state index contributed by atoms with van der Waals surface area (Å²) in [5.41, 5.74) is 0.292. The van der Waals surface area contributed by atoms with Crippen molar-refractivity contribution in [2.75, 3.05) is 0 Å². The number of carboxylic acid groups (broad SMARTS) is 2. The molecular weight excluding hydrogens is 296 g/mol. The average Bonchev–Trinajstić information content (AvgIpc) is 2.55. The first-order valence-electron chi connectivity index (χ1n) is 6.73. The quantitative estimate of drug-likeness (QED) is 0.672. The molecule has 0 saturated heterocycles. The van der Waals surface area contributed by atoms with E-state index >= 15 is 0 Å². The van der Waals surface area contributed by atoms with Crippen LogP contribution in [0.2, 0.25) is 0 Å². The van der Waals surface area contributed by atoms with E-state index in [1.54, 1.807) is 24.3 Å². The Balaban J connectivity index is 0.000000174. The summed E-state index contributed by atoms with van der Waals surface area (Å²) in [6.45, 7) is 0. The average molecular weight is 310 g/mol. The van der Waals surface area contributed by atoms with Gasteiger partial charge in [-0.25, -0.2) is 9.59 Å². The first-order valence-corrected chi connectivity index (χ1v) is 6.73. The first-order chi connectivity index (χ1) is 11.0. The molecule has 3 aromatic carbocycles. The van der Waals surface area contributed by atoms with E-state index in [0.29, 0.717) is 5.56 Å². The van der Waals surface area contributed by atoms with E-state index in [1.165, 1.54) is 12.1 Å². The standard InChI is InChI=1S/C11H8O2.C7H6O3/c12-11(13)10-7-3-5-8-4-1-2-6-9(8)10;8-6-4-2-1-3-5(6)7(9)10/h1-7H,(H,12,13);1-4,8H,(H,9,10). The number of carbonyl (C=O) groups is 2. The molecule has 3 N–H and O–H groups in total. The lowest BCUT2D eigenvalue weighted by atomic mass is 10.1.